The molecule has 111 valence electrons. The normalized spacial score (nSPS) is 31.1. The average molecular weight is 292 g/mol. The minimum absolute atomic E-state index is 0.0166. The van der Waals surface area contributed by atoms with Crippen LogP contribution in [0.5, 0.6) is 0 Å². The quantitative estimate of drug-likeness (QED) is 0.863. The van der Waals surface area contributed by atoms with E-state index in [1.54, 1.807) is 7.69 Å². The molecular formula is C18H19BNO2. The van der Waals surface area contributed by atoms with Crippen molar-refractivity contribution in [3.63, 3.8) is 0 Å². The Kier molecular flexibility index (Phi) is 3.74. The Labute approximate surface area is 132 Å². The highest BCUT2D eigenvalue weighted by molar-refractivity contribution is 6.18. The summed E-state index contributed by atoms with van der Waals surface area (Å²) in [4.78, 5) is 0. The molecule has 0 bridgehead atoms. The molecule has 2 aromatic rings. The Hall–Kier alpha value is -1.62. The van der Waals surface area contributed by atoms with Gasteiger partial charge >= 0.3 is 7.69 Å². The third kappa shape index (κ3) is 2.28. The minimum Gasteiger partial charge on any atom is -0.406 e. The number of hydrogen-bond donors (Lipinski definition) is 1. The molecule has 1 radical (unpaired) electrons. The van der Waals surface area contributed by atoms with Crippen LogP contribution in [0, 0.1) is 5.92 Å². The van der Waals surface area contributed by atoms with Gasteiger partial charge in [-0.3, -0.25) is 0 Å². The Balaban J connectivity index is 1.76. The van der Waals surface area contributed by atoms with E-state index in [9.17, 15) is 0 Å². The van der Waals surface area contributed by atoms with E-state index >= 15 is 0 Å². The lowest BCUT2D eigenvalue weighted by atomic mass is 9.70. The van der Waals surface area contributed by atoms with Gasteiger partial charge in [-0.2, -0.15) is 0 Å². The van der Waals surface area contributed by atoms with E-state index in [-0.39, 0.29) is 17.6 Å². The molecule has 2 aromatic carbocycles. The first kappa shape index (κ1) is 14.0. The highest BCUT2D eigenvalue weighted by Gasteiger charge is 2.50. The van der Waals surface area contributed by atoms with Crippen LogP contribution < -0.4 is 5.32 Å². The number of piperidine rings is 1. The van der Waals surface area contributed by atoms with Gasteiger partial charge in [0.25, 0.3) is 0 Å². The summed E-state index contributed by atoms with van der Waals surface area (Å²) in [5.41, 5.74) is 2.14. The Morgan fingerprint density at radius 2 is 1.73 bits per heavy atom. The lowest BCUT2D eigenvalue weighted by Gasteiger charge is -2.51. The van der Waals surface area contributed by atoms with Crippen LogP contribution in [0.15, 0.2) is 60.7 Å². The van der Waals surface area contributed by atoms with Gasteiger partial charge in [-0.25, -0.2) is 0 Å². The molecule has 0 saturated carbocycles. The average Bonchev–Trinajstić information content (AvgIpc) is 2.62. The summed E-state index contributed by atoms with van der Waals surface area (Å²) < 4.78 is 12.0. The molecular weight excluding hydrogens is 273 g/mol. The second kappa shape index (κ2) is 5.88. The molecule has 3 nitrogen and oxygen atoms in total. The van der Waals surface area contributed by atoms with E-state index in [4.69, 9.17) is 9.31 Å². The molecule has 3 unspecified atom stereocenters. The fraction of sp³-hybridized carbons (Fsp3) is 0.333. The van der Waals surface area contributed by atoms with Gasteiger partial charge in [0.2, 0.25) is 0 Å². The number of rotatable bonds is 2. The van der Waals surface area contributed by atoms with E-state index < -0.39 is 0 Å². The van der Waals surface area contributed by atoms with Crippen LogP contribution in [0.2, 0.25) is 0 Å². The molecule has 2 aliphatic heterocycles. The van der Waals surface area contributed by atoms with Gasteiger partial charge in [0.15, 0.2) is 0 Å². The first-order chi connectivity index (χ1) is 10.9. The van der Waals surface area contributed by atoms with Gasteiger partial charge in [0.1, 0.15) is 0 Å². The number of hydrogen-bond acceptors (Lipinski definition) is 3. The largest absolute Gasteiger partial charge is 0.489 e. The van der Waals surface area contributed by atoms with Crippen LogP contribution in [-0.2, 0) is 14.9 Å². The van der Waals surface area contributed by atoms with Crippen LogP contribution in [0.3, 0.4) is 0 Å². The van der Waals surface area contributed by atoms with Crippen molar-refractivity contribution in [3.05, 3.63) is 71.8 Å². The van der Waals surface area contributed by atoms with Gasteiger partial charge in [0, 0.05) is 12.5 Å². The molecule has 4 rings (SSSR count). The van der Waals surface area contributed by atoms with E-state index in [2.05, 4.69) is 53.8 Å². The first-order valence-corrected chi connectivity index (χ1v) is 7.86. The van der Waals surface area contributed by atoms with Crippen molar-refractivity contribution in [2.24, 2.45) is 5.92 Å². The molecule has 3 atom stereocenters. The van der Waals surface area contributed by atoms with Gasteiger partial charge in [-0.1, -0.05) is 60.7 Å². The van der Waals surface area contributed by atoms with Crippen molar-refractivity contribution in [2.45, 2.75) is 18.1 Å². The zero-order valence-corrected chi connectivity index (χ0v) is 12.4. The number of nitrogens with one attached hydrogen (secondary N) is 1. The van der Waals surface area contributed by atoms with Crippen molar-refractivity contribution >= 4 is 7.69 Å². The van der Waals surface area contributed by atoms with Crippen LogP contribution in [0.4, 0.5) is 0 Å². The van der Waals surface area contributed by atoms with E-state index in [1.165, 1.54) is 11.1 Å². The van der Waals surface area contributed by atoms with Crippen LogP contribution in [-0.4, -0.2) is 20.8 Å². The summed E-state index contributed by atoms with van der Waals surface area (Å²) in [6, 6.07) is 21.0. The molecule has 0 spiro atoms. The fourth-order valence-corrected chi connectivity index (χ4v) is 3.75. The summed E-state index contributed by atoms with van der Waals surface area (Å²) >= 11 is 0. The molecule has 0 aromatic heterocycles. The third-order valence-electron chi connectivity index (χ3n) is 4.85. The molecule has 2 heterocycles. The van der Waals surface area contributed by atoms with E-state index in [0.29, 0.717) is 0 Å². The zero-order chi connectivity index (χ0) is 14.8. The van der Waals surface area contributed by atoms with Gasteiger partial charge < -0.3 is 14.6 Å². The number of fused-ring (bicyclic) bond motifs is 1. The maximum atomic E-state index is 6.12. The first-order valence-electron chi connectivity index (χ1n) is 7.86. The molecule has 4 heteroatoms. The summed E-state index contributed by atoms with van der Waals surface area (Å²) in [5.74, 6) is 0.246. The van der Waals surface area contributed by atoms with Crippen LogP contribution in [0.1, 0.15) is 23.7 Å². The van der Waals surface area contributed by atoms with Gasteiger partial charge in [0.05, 0.1) is 11.7 Å². The van der Waals surface area contributed by atoms with Crippen molar-refractivity contribution in [2.75, 3.05) is 13.1 Å². The van der Waals surface area contributed by atoms with E-state index in [0.717, 1.165) is 19.5 Å². The monoisotopic (exact) mass is 292 g/mol. The van der Waals surface area contributed by atoms with Crippen LogP contribution >= 0.6 is 0 Å². The SMILES string of the molecule is [B]1OC(c2ccccc2)C2CNCCC2(c2ccccc2)O1. The molecule has 1 N–H and O–H groups in total. The second-order valence-electron chi connectivity index (χ2n) is 6.00. The molecule has 0 amide bonds. The Morgan fingerprint density at radius 1 is 1.00 bits per heavy atom. The van der Waals surface area contributed by atoms with Gasteiger partial charge in [-0.15, -0.1) is 0 Å². The third-order valence-corrected chi connectivity index (χ3v) is 4.85. The molecule has 2 saturated heterocycles. The topological polar surface area (TPSA) is 30.5 Å². The Bertz CT molecular complexity index is 617. The van der Waals surface area contributed by atoms with Crippen molar-refractivity contribution in [1.29, 1.82) is 0 Å². The summed E-state index contributed by atoms with van der Waals surface area (Å²) in [5, 5.41) is 3.50. The molecule has 2 aliphatic rings. The lowest BCUT2D eigenvalue weighted by Crippen LogP contribution is -2.56. The summed E-state index contributed by atoms with van der Waals surface area (Å²) in [6.45, 7) is 1.85. The molecule has 0 aliphatic carbocycles. The second-order valence-corrected chi connectivity index (χ2v) is 6.00. The van der Waals surface area contributed by atoms with Crippen LogP contribution in [0.25, 0.3) is 0 Å². The predicted molar refractivity (Wildman–Crippen MR) is 86.2 cm³/mol. The van der Waals surface area contributed by atoms with E-state index in [1.807, 2.05) is 12.1 Å². The summed E-state index contributed by atoms with van der Waals surface area (Å²) in [7, 11) is 1.55. The highest BCUT2D eigenvalue weighted by Crippen LogP contribution is 2.48. The highest BCUT2D eigenvalue weighted by atomic mass is 16.6. The standard InChI is InChI=1S/C18H19BNO2/c1-3-7-14(8-4-1)17-16-13-20-12-11-18(16,22-19-21-17)15-9-5-2-6-10-15/h1-10,16-17,20H,11-13H2. The smallest absolute Gasteiger partial charge is 0.406 e. The van der Waals surface area contributed by atoms with Gasteiger partial charge in [-0.05, 0) is 24.1 Å². The molecule has 22 heavy (non-hydrogen) atoms. The predicted octanol–water partition coefficient (Wildman–Crippen LogP) is 2.81. The Morgan fingerprint density at radius 3 is 2.50 bits per heavy atom. The van der Waals surface area contributed by atoms with Crippen molar-refractivity contribution in [3.8, 4) is 0 Å². The number of benzene rings is 2. The van der Waals surface area contributed by atoms with Crippen molar-refractivity contribution in [1.82, 2.24) is 5.32 Å². The fourth-order valence-electron chi connectivity index (χ4n) is 3.75. The van der Waals surface area contributed by atoms with Crippen molar-refractivity contribution < 1.29 is 9.31 Å². The maximum absolute atomic E-state index is 6.12. The minimum atomic E-state index is -0.300. The lowest BCUT2D eigenvalue weighted by molar-refractivity contribution is -0.123. The summed E-state index contributed by atoms with van der Waals surface area (Å²) in [6.07, 6.45) is 0.966. The molecule has 2 fully saturated rings. The maximum Gasteiger partial charge on any atom is 0.489 e. The zero-order valence-electron chi connectivity index (χ0n) is 12.4.